The predicted octanol–water partition coefficient (Wildman–Crippen LogP) is 7.50. The number of halogens is 1. The van der Waals surface area contributed by atoms with E-state index in [0.29, 0.717) is 0 Å². The summed E-state index contributed by atoms with van der Waals surface area (Å²) in [5.41, 5.74) is 5.55. The minimum absolute atomic E-state index is 0.0154. The van der Waals surface area contributed by atoms with Gasteiger partial charge in [0.25, 0.3) is 0 Å². The van der Waals surface area contributed by atoms with Crippen LogP contribution in [-0.2, 0) is 0 Å². The van der Waals surface area contributed by atoms with Gasteiger partial charge in [0.1, 0.15) is 0 Å². The molecule has 158 valence electrons. The Morgan fingerprint density at radius 1 is 0.875 bits per heavy atom. The number of anilines is 3. The molecule has 0 amide bonds. The van der Waals surface area contributed by atoms with E-state index in [4.69, 9.17) is 16.6 Å². The first-order valence-corrected chi connectivity index (χ1v) is 11.0. The van der Waals surface area contributed by atoms with Gasteiger partial charge in [-0.2, -0.15) is 0 Å². The number of benzene rings is 4. The van der Waals surface area contributed by atoms with Gasteiger partial charge in [-0.15, -0.1) is 0 Å². The number of fused-ring (bicyclic) bond motifs is 3. The van der Waals surface area contributed by atoms with Gasteiger partial charge in [0.15, 0.2) is 0 Å². The summed E-state index contributed by atoms with van der Waals surface area (Å²) >= 11 is 6.18. The van der Waals surface area contributed by atoms with Crippen molar-refractivity contribution in [2.45, 2.75) is 6.04 Å². The lowest BCUT2D eigenvalue weighted by Gasteiger charge is -2.34. The molecule has 5 rings (SSSR count). The molecule has 0 fully saturated rings. The molecule has 0 spiro atoms. The zero-order valence-electron chi connectivity index (χ0n) is 18.1. The monoisotopic (exact) mass is 437 g/mol. The molecule has 0 saturated carbocycles. The molecule has 4 aromatic carbocycles. The fraction of sp³-hybridized carbons (Fsp3) is 0.107. The highest BCUT2D eigenvalue weighted by atomic mass is 35.5. The Kier molecular flexibility index (Phi) is 5.42. The van der Waals surface area contributed by atoms with E-state index < -0.39 is 0 Å². The highest BCUT2D eigenvalue weighted by Crippen LogP contribution is 2.39. The molecular formula is C28H24ClN3. The summed E-state index contributed by atoms with van der Waals surface area (Å²) < 4.78 is 0. The Labute approximate surface area is 193 Å². The summed E-state index contributed by atoms with van der Waals surface area (Å²) in [5.74, 6) is 0. The lowest BCUT2D eigenvalue weighted by Crippen LogP contribution is -2.33. The Balaban J connectivity index is 1.57. The van der Waals surface area contributed by atoms with Crippen molar-refractivity contribution in [3.63, 3.8) is 0 Å². The number of rotatable bonds is 4. The van der Waals surface area contributed by atoms with E-state index in [0.717, 1.165) is 27.8 Å². The van der Waals surface area contributed by atoms with E-state index in [1.54, 1.807) is 0 Å². The zero-order valence-corrected chi connectivity index (χ0v) is 18.9. The molecule has 0 radical (unpaired) electrons. The van der Waals surface area contributed by atoms with Crippen LogP contribution >= 0.6 is 11.6 Å². The van der Waals surface area contributed by atoms with Crippen molar-refractivity contribution >= 4 is 57.4 Å². The molecule has 0 saturated heterocycles. The van der Waals surface area contributed by atoms with E-state index >= 15 is 0 Å². The number of hydrogen-bond acceptors (Lipinski definition) is 3. The van der Waals surface area contributed by atoms with Gasteiger partial charge in [0.2, 0.25) is 0 Å². The lowest BCUT2D eigenvalue weighted by atomic mass is 9.96. The van der Waals surface area contributed by atoms with Gasteiger partial charge in [-0.25, -0.2) is 0 Å². The maximum Gasteiger partial charge on any atom is 0.0880 e. The first-order chi connectivity index (χ1) is 15.6. The van der Waals surface area contributed by atoms with E-state index in [9.17, 15) is 0 Å². The van der Waals surface area contributed by atoms with Crippen LogP contribution in [0.3, 0.4) is 0 Å². The maximum absolute atomic E-state index is 6.18. The molecule has 4 aromatic rings. The molecule has 3 nitrogen and oxygen atoms in total. The van der Waals surface area contributed by atoms with Gasteiger partial charge in [-0.3, -0.25) is 4.99 Å². The quantitative estimate of drug-likeness (QED) is 0.308. The molecule has 1 heterocycles. The van der Waals surface area contributed by atoms with Crippen molar-refractivity contribution in [1.29, 1.82) is 0 Å². The summed E-state index contributed by atoms with van der Waals surface area (Å²) in [5, 5.41) is 3.21. The normalized spacial score (nSPS) is 15.3. The maximum atomic E-state index is 6.18. The Morgan fingerprint density at radius 3 is 2.38 bits per heavy atom. The van der Waals surface area contributed by atoms with Crippen molar-refractivity contribution in [2.24, 2.45) is 4.99 Å². The fourth-order valence-electron chi connectivity index (χ4n) is 4.14. The zero-order chi connectivity index (χ0) is 22.1. The van der Waals surface area contributed by atoms with Crippen molar-refractivity contribution < 1.29 is 0 Å². The van der Waals surface area contributed by atoms with E-state index in [2.05, 4.69) is 82.6 Å². The Morgan fingerprint density at radius 2 is 1.62 bits per heavy atom. The molecule has 4 heteroatoms. The van der Waals surface area contributed by atoms with E-state index in [-0.39, 0.29) is 6.04 Å². The van der Waals surface area contributed by atoms with Gasteiger partial charge in [0.05, 0.1) is 11.7 Å². The third-order valence-corrected chi connectivity index (χ3v) is 6.06. The third-order valence-electron chi connectivity index (χ3n) is 5.81. The van der Waals surface area contributed by atoms with Crippen LogP contribution in [0.15, 0.2) is 96.0 Å². The molecule has 1 aliphatic rings. The number of hydrogen-bond donors (Lipinski definition) is 0. The van der Waals surface area contributed by atoms with Crippen LogP contribution in [0.4, 0.5) is 22.7 Å². The molecule has 1 unspecified atom stereocenters. The largest absolute Gasteiger partial charge is 0.378 e. The smallest absolute Gasteiger partial charge is 0.0880 e. The molecule has 0 N–H and O–H groups in total. The van der Waals surface area contributed by atoms with Crippen molar-refractivity contribution in [3.05, 3.63) is 102 Å². The Bertz CT molecular complexity index is 1310. The summed E-state index contributed by atoms with van der Waals surface area (Å²) in [6.07, 6.45) is 6.44. The molecule has 1 aliphatic heterocycles. The first kappa shape index (κ1) is 20.3. The van der Waals surface area contributed by atoms with Gasteiger partial charge < -0.3 is 9.80 Å². The van der Waals surface area contributed by atoms with Crippen molar-refractivity contribution in [1.82, 2.24) is 0 Å². The second-order valence-corrected chi connectivity index (χ2v) is 8.54. The van der Waals surface area contributed by atoms with Crippen LogP contribution < -0.4 is 9.80 Å². The summed E-state index contributed by atoms with van der Waals surface area (Å²) in [4.78, 5) is 9.20. The highest BCUT2D eigenvalue weighted by Gasteiger charge is 2.24. The average molecular weight is 438 g/mol. The standard InChI is InChI=1S/C28H24ClN3/c1-31(2)23-14-10-22(11-15-23)30-19-25-16-17-27-26-6-4-3-5-20(26)7-18-28(27)32(25)24-12-8-21(29)9-13-24/h3-19,25H,1-2H3/b30-19+. The van der Waals surface area contributed by atoms with Crippen LogP contribution in [-0.4, -0.2) is 26.4 Å². The molecule has 1 atom stereocenters. The second-order valence-electron chi connectivity index (χ2n) is 8.10. The van der Waals surface area contributed by atoms with Crippen LogP contribution in [0.5, 0.6) is 0 Å². The van der Waals surface area contributed by atoms with Crippen molar-refractivity contribution in [3.8, 4) is 0 Å². The Hall–Kier alpha value is -3.56. The topological polar surface area (TPSA) is 18.8 Å². The minimum atomic E-state index is -0.0154. The predicted molar refractivity (Wildman–Crippen MR) is 139 cm³/mol. The van der Waals surface area contributed by atoms with Crippen LogP contribution in [0.1, 0.15) is 5.56 Å². The van der Waals surface area contributed by atoms with Gasteiger partial charge >= 0.3 is 0 Å². The number of nitrogens with zero attached hydrogens (tertiary/aromatic N) is 3. The molecule has 0 aliphatic carbocycles. The minimum Gasteiger partial charge on any atom is -0.378 e. The number of aliphatic imine (C=N–C) groups is 1. The lowest BCUT2D eigenvalue weighted by molar-refractivity contribution is 0.990. The summed E-state index contributed by atoms with van der Waals surface area (Å²) in [6.45, 7) is 0. The summed E-state index contributed by atoms with van der Waals surface area (Å²) in [7, 11) is 4.08. The average Bonchev–Trinajstić information content (AvgIpc) is 2.83. The molecule has 0 bridgehead atoms. The molecular weight excluding hydrogens is 414 g/mol. The van der Waals surface area contributed by atoms with Crippen LogP contribution in [0.25, 0.3) is 16.8 Å². The molecule has 0 aromatic heterocycles. The van der Waals surface area contributed by atoms with Crippen LogP contribution in [0.2, 0.25) is 5.02 Å². The highest BCUT2D eigenvalue weighted by molar-refractivity contribution is 6.30. The fourth-order valence-corrected chi connectivity index (χ4v) is 4.27. The van der Waals surface area contributed by atoms with Gasteiger partial charge in [-0.05, 0) is 65.4 Å². The third kappa shape index (κ3) is 3.88. The second kappa shape index (κ2) is 8.52. The van der Waals surface area contributed by atoms with Crippen LogP contribution in [0, 0.1) is 0 Å². The first-order valence-electron chi connectivity index (χ1n) is 10.7. The summed E-state index contributed by atoms with van der Waals surface area (Å²) in [6, 6.07) is 29.1. The van der Waals surface area contributed by atoms with E-state index in [1.165, 1.54) is 16.3 Å². The van der Waals surface area contributed by atoms with Crippen molar-refractivity contribution in [2.75, 3.05) is 23.9 Å². The van der Waals surface area contributed by atoms with E-state index in [1.807, 2.05) is 44.6 Å². The molecule has 32 heavy (non-hydrogen) atoms. The van der Waals surface area contributed by atoms with Gasteiger partial charge in [-0.1, -0.05) is 54.1 Å². The SMILES string of the molecule is CN(C)c1ccc(/N=C/C2C=Cc3c(ccc4ccccc34)N2c2ccc(Cl)cc2)cc1. The van der Waals surface area contributed by atoms with Gasteiger partial charge in [0, 0.05) is 48.0 Å².